The molecule has 2 heterocycles. The molecule has 0 saturated carbocycles. The van der Waals surface area contributed by atoms with Crippen molar-refractivity contribution in [2.24, 2.45) is 11.8 Å². The number of carbonyl (C=O) groups is 4. The highest BCUT2D eigenvalue weighted by molar-refractivity contribution is 8.76. The SMILES string of the molecule is CCCCCCC/C=C\CCCCCCC(=O)Oc1ccc(CC(=O)OCC2CCCN(CCSSCCN3CCCC(COC(=O)Cc4ccc(OC(=O)CCCCCCC/C=C\CCCCCCCC)cc4)C3)C2)cc1. The normalized spacial score (nSPS) is 16.2. The maximum absolute atomic E-state index is 12.8. The van der Waals surface area contributed by atoms with E-state index in [2.05, 4.69) is 48.0 Å². The molecule has 0 radical (unpaired) electrons. The van der Waals surface area contributed by atoms with Crippen LogP contribution in [0.3, 0.4) is 0 Å². The largest absolute Gasteiger partial charge is 0.465 e. The van der Waals surface area contributed by atoms with E-state index in [-0.39, 0.29) is 36.7 Å². The molecule has 0 N–H and O–H groups in total. The lowest BCUT2D eigenvalue weighted by molar-refractivity contribution is -0.145. The Morgan fingerprint density at radius 3 is 1.18 bits per heavy atom. The summed E-state index contributed by atoms with van der Waals surface area (Å²) in [6.07, 6.45) is 44.0. The van der Waals surface area contributed by atoms with E-state index in [0.717, 1.165) is 139 Å². The van der Waals surface area contributed by atoms with Gasteiger partial charge in [0, 0.05) is 62.4 Å². The molecule has 2 atom stereocenters. The number of unbranched alkanes of at least 4 members (excludes halogenated alkanes) is 20. The first kappa shape index (κ1) is 66.9. The molecule has 2 saturated heterocycles. The van der Waals surface area contributed by atoms with Gasteiger partial charge >= 0.3 is 23.9 Å². The van der Waals surface area contributed by atoms with E-state index in [4.69, 9.17) is 18.9 Å². The Kier molecular flexibility index (Phi) is 38.7. The van der Waals surface area contributed by atoms with Gasteiger partial charge in [-0.2, -0.15) is 0 Å². The number of carbonyl (C=O) groups excluding carboxylic acids is 4. The standard InChI is InChI=1S/C66H104N2O8S2/c1-3-5-7-9-11-13-15-17-18-20-22-24-26-28-30-36-64(70)76-62-43-39-58(40-44-62)52-66(72)74-56-60-34-32-46-68(54-60)48-50-78-77-49-47-67-45-31-33-59(53-67)55-73-65(71)51-57-37-41-61(42-38-57)75-63(69)35-29-27-25-23-21-19-16-14-12-10-8-6-4-2/h16-19,37-44,59-60H,3-15,20-36,45-56H2,1-2H3/b18-17-,19-16-. The fraction of sp³-hybridized carbons (Fsp3) is 0.697. The Morgan fingerprint density at radius 2 is 0.808 bits per heavy atom. The van der Waals surface area contributed by atoms with E-state index in [1.165, 1.54) is 103 Å². The predicted molar refractivity (Wildman–Crippen MR) is 326 cm³/mol. The Balaban J connectivity index is 0.943. The van der Waals surface area contributed by atoms with Crippen molar-refractivity contribution in [3.8, 4) is 11.5 Å². The van der Waals surface area contributed by atoms with Crippen LogP contribution in [0.1, 0.15) is 218 Å². The number of benzene rings is 2. The summed E-state index contributed by atoms with van der Waals surface area (Å²) in [4.78, 5) is 55.4. The fourth-order valence-electron chi connectivity index (χ4n) is 10.3. The Bertz CT molecular complexity index is 1930. The van der Waals surface area contributed by atoms with Gasteiger partial charge in [-0.3, -0.25) is 19.2 Å². The van der Waals surface area contributed by atoms with Crippen LogP contribution in [0.15, 0.2) is 72.8 Å². The van der Waals surface area contributed by atoms with Gasteiger partial charge in [-0.1, -0.05) is 174 Å². The Morgan fingerprint density at radius 1 is 0.462 bits per heavy atom. The van der Waals surface area contributed by atoms with Crippen molar-refractivity contribution in [1.82, 2.24) is 9.80 Å². The highest BCUT2D eigenvalue weighted by Crippen LogP contribution is 2.25. The fourth-order valence-corrected chi connectivity index (χ4v) is 12.4. The molecule has 2 aliphatic rings. The van der Waals surface area contributed by atoms with Crippen molar-refractivity contribution in [3.63, 3.8) is 0 Å². The van der Waals surface area contributed by atoms with Gasteiger partial charge in [0.25, 0.3) is 0 Å². The second-order valence-electron chi connectivity index (χ2n) is 22.2. The lowest BCUT2D eigenvalue weighted by atomic mass is 9.99. The summed E-state index contributed by atoms with van der Waals surface area (Å²) in [7, 11) is 3.87. The molecule has 2 aliphatic heterocycles. The van der Waals surface area contributed by atoms with Crippen molar-refractivity contribution in [2.75, 3.05) is 64.0 Å². The second kappa shape index (κ2) is 45.1. The quantitative estimate of drug-likeness (QED) is 0.0207. The summed E-state index contributed by atoms with van der Waals surface area (Å²) in [5.41, 5.74) is 1.70. The van der Waals surface area contributed by atoms with E-state index < -0.39 is 0 Å². The van der Waals surface area contributed by atoms with Gasteiger partial charge in [0.05, 0.1) is 26.1 Å². The molecule has 78 heavy (non-hydrogen) atoms. The van der Waals surface area contributed by atoms with Gasteiger partial charge in [-0.05, 0) is 138 Å². The van der Waals surface area contributed by atoms with E-state index >= 15 is 0 Å². The van der Waals surface area contributed by atoms with E-state index in [0.29, 0.717) is 49.4 Å². The molecule has 438 valence electrons. The number of piperidine rings is 2. The molecule has 2 aromatic carbocycles. The molecule has 2 fully saturated rings. The van der Waals surface area contributed by atoms with Crippen LogP contribution >= 0.6 is 21.6 Å². The van der Waals surface area contributed by atoms with Crippen LogP contribution in [0.25, 0.3) is 0 Å². The average molecular weight is 1120 g/mol. The van der Waals surface area contributed by atoms with Crippen molar-refractivity contribution >= 4 is 45.5 Å². The Hall–Kier alpha value is -3.58. The summed E-state index contributed by atoms with van der Waals surface area (Å²) in [6.45, 7) is 11.6. The summed E-state index contributed by atoms with van der Waals surface area (Å²) < 4.78 is 22.6. The zero-order chi connectivity index (χ0) is 55.4. The maximum Gasteiger partial charge on any atom is 0.311 e. The van der Waals surface area contributed by atoms with E-state index in [1.54, 1.807) is 24.3 Å². The number of ether oxygens (including phenoxy) is 4. The lowest BCUT2D eigenvalue weighted by Crippen LogP contribution is -2.39. The second-order valence-corrected chi connectivity index (χ2v) is 24.9. The van der Waals surface area contributed by atoms with Gasteiger partial charge in [0.15, 0.2) is 0 Å². The zero-order valence-electron chi connectivity index (χ0n) is 48.8. The van der Waals surface area contributed by atoms with Crippen molar-refractivity contribution in [1.29, 1.82) is 0 Å². The number of hydrogen-bond donors (Lipinski definition) is 0. The van der Waals surface area contributed by atoms with Crippen LogP contribution in [0.2, 0.25) is 0 Å². The van der Waals surface area contributed by atoms with Crippen LogP contribution in [-0.4, -0.2) is 97.7 Å². The number of nitrogens with zero attached hydrogens (tertiary/aromatic N) is 2. The van der Waals surface area contributed by atoms with Crippen LogP contribution in [0.5, 0.6) is 11.5 Å². The highest BCUT2D eigenvalue weighted by Gasteiger charge is 2.23. The van der Waals surface area contributed by atoms with Crippen molar-refractivity contribution in [2.45, 2.75) is 219 Å². The molecule has 0 bridgehead atoms. The number of hydrogen-bond acceptors (Lipinski definition) is 12. The maximum atomic E-state index is 12.8. The van der Waals surface area contributed by atoms with Gasteiger partial charge in [-0.25, -0.2) is 0 Å². The van der Waals surface area contributed by atoms with Crippen LogP contribution < -0.4 is 9.47 Å². The highest BCUT2D eigenvalue weighted by atomic mass is 33.1. The van der Waals surface area contributed by atoms with Gasteiger partial charge in [0.2, 0.25) is 0 Å². The summed E-state index contributed by atoms with van der Waals surface area (Å²) in [5, 5.41) is 0. The number of allylic oxidation sites excluding steroid dienone is 4. The predicted octanol–water partition coefficient (Wildman–Crippen LogP) is 16.5. The van der Waals surface area contributed by atoms with Crippen molar-refractivity contribution < 1.29 is 38.1 Å². The number of esters is 4. The average Bonchev–Trinajstić information content (AvgIpc) is 3.44. The van der Waals surface area contributed by atoms with E-state index in [1.807, 2.05) is 45.9 Å². The molecule has 12 heteroatoms. The first-order chi connectivity index (χ1) is 38.3. The van der Waals surface area contributed by atoms with Crippen molar-refractivity contribution in [3.05, 3.63) is 84.0 Å². The molecule has 2 unspecified atom stereocenters. The van der Waals surface area contributed by atoms with Crippen LogP contribution in [-0.2, 0) is 41.5 Å². The smallest absolute Gasteiger partial charge is 0.311 e. The number of likely N-dealkylation sites (tertiary alicyclic amines) is 2. The molecular formula is C66H104N2O8S2. The summed E-state index contributed by atoms with van der Waals surface area (Å²) >= 11 is 0. The minimum Gasteiger partial charge on any atom is -0.465 e. The monoisotopic (exact) mass is 1120 g/mol. The summed E-state index contributed by atoms with van der Waals surface area (Å²) in [6, 6.07) is 14.5. The Labute approximate surface area is 481 Å². The number of rotatable bonds is 45. The lowest BCUT2D eigenvalue weighted by Gasteiger charge is -2.32. The van der Waals surface area contributed by atoms with E-state index in [9.17, 15) is 19.2 Å². The third-order valence-electron chi connectivity index (χ3n) is 15.0. The molecule has 2 aromatic rings. The molecule has 0 amide bonds. The molecule has 0 spiro atoms. The minimum absolute atomic E-state index is 0.202. The van der Waals surface area contributed by atoms with Gasteiger partial charge in [-0.15, -0.1) is 0 Å². The summed E-state index contributed by atoms with van der Waals surface area (Å²) in [5.74, 6) is 3.00. The molecule has 10 nitrogen and oxygen atoms in total. The first-order valence-corrected chi connectivity index (χ1v) is 33.7. The van der Waals surface area contributed by atoms with Gasteiger partial charge in [0.1, 0.15) is 11.5 Å². The minimum atomic E-state index is -0.221. The van der Waals surface area contributed by atoms with Crippen LogP contribution in [0, 0.1) is 11.8 Å². The molecular weight excluding hydrogens is 1010 g/mol. The molecule has 0 aliphatic carbocycles. The van der Waals surface area contributed by atoms with Crippen LogP contribution in [0.4, 0.5) is 0 Å². The zero-order valence-corrected chi connectivity index (χ0v) is 50.4. The van der Waals surface area contributed by atoms with Gasteiger partial charge < -0.3 is 28.7 Å². The molecule has 4 rings (SSSR count). The topological polar surface area (TPSA) is 112 Å². The first-order valence-electron chi connectivity index (χ1n) is 31.2. The third kappa shape index (κ3) is 34.5. The third-order valence-corrected chi connectivity index (χ3v) is 17.4. The molecule has 0 aromatic heterocycles.